The van der Waals surface area contributed by atoms with Gasteiger partial charge in [0.15, 0.2) is 5.96 Å². The quantitative estimate of drug-likeness (QED) is 0.556. The van der Waals surface area contributed by atoms with E-state index in [0.717, 1.165) is 55.7 Å². The molecule has 1 atom stereocenters. The number of nitrogens with zero attached hydrogens (tertiary/aromatic N) is 3. The maximum Gasteiger partial charge on any atom is 0.416 e. The molecular weight excluding hydrogens is 419 g/mol. The number of hydrogen-bond donors (Lipinski definition) is 2. The van der Waals surface area contributed by atoms with Crippen LogP contribution >= 0.6 is 0 Å². The second kappa shape index (κ2) is 9.28. The van der Waals surface area contributed by atoms with Gasteiger partial charge in [-0.3, -0.25) is 0 Å². The third-order valence-electron chi connectivity index (χ3n) is 5.95. The number of aliphatic imine (C=N–C) groups is 1. The lowest BCUT2D eigenvalue weighted by molar-refractivity contribution is -0.137. The number of piperazine rings is 1. The molecule has 0 saturated carbocycles. The molecule has 1 fully saturated rings. The number of anilines is 1. The van der Waals surface area contributed by atoms with Gasteiger partial charge in [0.25, 0.3) is 0 Å². The molecule has 2 heterocycles. The molecule has 0 spiro atoms. The van der Waals surface area contributed by atoms with Crippen molar-refractivity contribution in [2.24, 2.45) is 10.7 Å². The van der Waals surface area contributed by atoms with Crippen LogP contribution in [0.2, 0.25) is 0 Å². The summed E-state index contributed by atoms with van der Waals surface area (Å²) in [7, 11) is 2.04. The molecule has 0 amide bonds. The van der Waals surface area contributed by atoms with Gasteiger partial charge in [0.1, 0.15) is 5.75 Å². The largest absolute Gasteiger partial charge is 0.493 e. The van der Waals surface area contributed by atoms with Crippen molar-refractivity contribution in [3.05, 3.63) is 59.2 Å². The van der Waals surface area contributed by atoms with Crippen LogP contribution < -0.4 is 20.7 Å². The van der Waals surface area contributed by atoms with Crippen LogP contribution in [0.25, 0.3) is 0 Å². The highest BCUT2D eigenvalue weighted by Gasteiger charge is 2.31. The average molecular weight is 448 g/mol. The van der Waals surface area contributed by atoms with E-state index in [1.54, 1.807) is 6.07 Å². The Bertz CT molecular complexity index is 970. The van der Waals surface area contributed by atoms with Gasteiger partial charge in [-0.1, -0.05) is 18.2 Å². The zero-order valence-corrected chi connectivity index (χ0v) is 18.0. The molecule has 172 valence electrons. The van der Waals surface area contributed by atoms with Gasteiger partial charge >= 0.3 is 6.18 Å². The Morgan fingerprint density at radius 1 is 1.16 bits per heavy atom. The number of nitrogens with one attached hydrogen (secondary N) is 1. The predicted molar refractivity (Wildman–Crippen MR) is 119 cm³/mol. The molecule has 2 aliphatic rings. The maximum absolute atomic E-state index is 13.3. The smallest absolute Gasteiger partial charge is 0.416 e. The van der Waals surface area contributed by atoms with E-state index in [-0.39, 0.29) is 18.5 Å². The third-order valence-corrected chi connectivity index (χ3v) is 5.95. The topological polar surface area (TPSA) is 66.1 Å². The lowest BCUT2D eigenvalue weighted by Crippen LogP contribution is -2.44. The molecular formula is C23H28F3N5O. The number of nitrogens with two attached hydrogens (primary N) is 1. The lowest BCUT2D eigenvalue weighted by atomic mass is 10.0. The molecule has 4 rings (SSSR count). The SMILES string of the molecule is CN1CCN(c2ccc(C(F)(F)F)cc2CN=C(N)NC2CCOc3ccccc32)CC1. The maximum atomic E-state index is 13.3. The summed E-state index contributed by atoms with van der Waals surface area (Å²) in [4.78, 5) is 8.71. The molecule has 32 heavy (non-hydrogen) atoms. The molecule has 2 aromatic rings. The van der Waals surface area contributed by atoms with E-state index in [1.807, 2.05) is 31.3 Å². The summed E-state index contributed by atoms with van der Waals surface area (Å²) in [6, 6.07) is 11.5. The van der Waals surface area contributed by atoms with Crippen LogP contribution in [0.5, 0.6) is 5.75 Å². The second-order valence-electron chi connectivity index (χ2n) is 8.20. The Hall–Kier alpha value is -2.94. The zero-order valence-electron chi connectivity index (χ0n) is 18.0. The first-order chi connectivity index (χ1) is 15.3. The summed E-state index contributed by atoms with van der Waals surface area (Å²) in [6.07, 6.45) is -3.68. The van der Waals surface area contributed by atoms with Crippen LogP contribution in [-0.2, 0) is 12.7 Å². The van der Waals surface area contributed by atoms with Gasteiger partial charge in [-0.05, 0) is 36.9 Å². The van der Waals surface area contributed by atoms with E-state index in [2.05, 4.69) is 20.1 Å². The van der Waals surface area contributed by atoms with E-state index in [0.29, 0.717) is 12.2 Å². The monoisotopic (exact) mass is 447 g/mol. The van der Waals surface area contributed by atoms with E-state index in [1.165, 1.54) is 6.07 Å². The number of guanidine groups is 1. The fraction of sp³-hybridized carbons (Fsp3) is 0.435. The van der Waals surface area contributed by atoms with Gasteiger partial charge in [0, 0.05) is 43.9 Å². The van der Waals surface area contributed by atoms with Crippen LogP contribution in [0.15, 0.2) is 47.5 Å². The number of benzene rings is 2. The molecule has 0 radical (unpaired) electrons. The van der Waals surface area contributed by atoms with Crippen LogP contribution in [0.1, 0.15) is 29.2 Å². The summed E-state index contributed by atoms with van der Waals surface area (Å²) in [5.41, 5.74) is 7.75. The number of rotatable bonds is 4. The highest BCUT2D eigenvalue weighted by molar-refractivity contribution is 5.78. The summed E-state index contributed by atoms with van der Waals surface area (Å²) in [6.45, 7) is 3.85. The van der Waals surface area contributed by atoms with Crippen molar-refractivity contribution in [2.75, 3.05) is 44.7 Å². The molecule has 1 unspecified atom stereocenters. The summed E-state index contributed by atoms with van der Waals surface area (Å²) >= 11 is 0. The van der Waals surface area contributed by atoms with Gasteiger partial charge in [0.2, 0.25) is 0 Å². The van der Waals surface area contributed by atoms with Crippen molar-refractivity contribution in [1.29, 1.82) is 0 Å². The van der Waals surface area contributed by atoms with Crippen molar-refractivity contribution in [3.8, 4) is 5.75 Å². The highest BCUT2D eigenvalue weighted by Crippen LogP contribution is 2.34. The molecule has 2 aliphatic heterocycles. The van der Waals surface area contributed by atoms with Gasteiger partial charge in [-0.25, -0.2) is 4.99 Å². The number of fused-ring (bicyclic) bond motifs is 1. The minimum Gasteiger partial charge on any atom is -0.493 e. The van der Waals surface area contributed by atoms with Crippen LogP contribution in [0.3, 0.4) is 0 Å². The minimum atomic E-state index is -4.41. The highest BCUT2D eigenvalue weighted by atomic mass is 19.4. The van der Waals surface area contributed by atoms with Crippen LogP contribution in [-0.4, -0.2) is 50.7 Å². The molecule has 9 heteroatoms. The predicted octanol–water partition coefficient (Wildman–Crippen LogP) is 3.39. The standard InChI is InChI=1S/C23H28F3N5O/c1-30-9-11-31(12-10-30)20-7-6-17(23(24,25)26)14-16(20)15-28-22(27)29-19-8-13-32-21-5-3-2-4-18(19)21/h2-7,14,19H,8-13,15H2,1H3,(H3,27,28,29). The summed E-state index contributed by atoms with van der Waals surface area (Å²) in [5.74, 6) is 1.01. The fourth-order valence-electron chi connectivity index (χ4n) is 4.13. The number of likely N-dealkylation sites (N-methyl/N-ethyl adjacent to an activating group) is 1. The lowest BCUT2D eigenvalue weighted by Gasteiger charge is -2.35. The van der Waals surface area contributed by atoms with E-state index in [4.69, 9.17) is 10.5 Å². The van der Waals surface area contributed by atoms with Crippen molar-refractivity contribution in [3.63, 3.8) is 0 Å². The van der Waals surface area contributed by atoms with Crippen molar-refractivity contribution in [2.45, 2.75) is 25.2 Å². The van der Waals surface area contributed by atoms with Gasteiger partial charge in [-0.15, -0.1) is 0 Å². The summed E-state index contributed by atoms with van der Waals surface area (Å²) < 4.78 is 45.7. The van der Waals surface area contributed by atoms with Crippen LogP contribution in [0.4, 0.5) is 18.9 Å². The summed E-state index contributed by atoms with van der Waals surface area (Å²) in [5, 5.41) is 3.20. The first-order valence-corrected chi connectivity index (χ1v) is 10.7. The molecule has 6 nitrogen and oxygen atoms in total. The van der Waals surface area contributed by atoms with Crippen molar-refractivity contribution < 1.29 is 17.9 Å². The Morgan fingerprint density at radius 2 is 1.91 bits per heavy atom. The fourth-order valence-corrected chi connectivity index (χ4v) is 4.13. The average Bonchev–Trinajstić information content (AvgIpc) is 2.78. The van der Waals surface area contributed by atoms with Crippen molar-refractivity contribution >= 4 is 11.6 Å². The zero-order chi connectivity index (χ0) is 22.7. The second-order valence-corrected chi connectivity index (χ2v) is 8.20. The Morgan fingerprint density at radius 3 is 2.66 bits per heavy atom. The molecule has 1 saturated heterocycles. The first-order valence-electron chi connectivity index (χ1n) is 10.7. The third kappa shape index (κ3) is 5.09. The number of para-hydroxylation sites is 1. The van der Waals surface area contributed by atoms with Crippen molar-refractivity contribution in [1.82, 2.24) is 10.2 Å². The molecule has 2 aromatic carbocycles. The van der Waals surface area contributed by atoms with E-state index >= 15 is 0 Å². The number of ether oxygens (including phenoxy) is 1. The number of hydrogen-bond acceptors (Lipinski definition) is 4. The first kappa shape index (κ1) is 22.3. The van der Waals surface area contributed by atoms with Gasteiger partial charge in [0.05, 0.1) is 24.8 Å². The molecule has 0 aliphatic carbocycles. The van der Waals surface area contributed by atoms with Gasteiger partial charge in [-0.2, -0.15) is 13.2 Å². The minimum absolute atomic E-state index is 0.0534. The Labute approximate surface area is 185 Å². The van der Waals surface area contributed by atoms with Crippen LogP contribution in [0, 0.1) is 0 Å². The molecule has 0 bridgehead atoms. The number of alkyl halides is 3. The number of halogens is 3. The Kier molecular flexibility index (Phi) is 6.45. The van der Waals surface area contributed by atoms with E-state index < -0.39 is 11.7 Å². The van der Waals surface area contributed by atoms with Gasteiger partial charge < -0.3 is 25.6 Å². The normalized spacial score (nSPS) is 19.9. The Balaban J connectivity index is 1.54. The molecule has 3 N–H and O–H groups in total. The molecule has 0 aromatic heterocycles. The van der Waals surface area contributed by atoms with E-state index in [9.17, 15) is 13.2 Å².